The Morgan fingerprint density at radius 1 is 1.12 bits per heavy atom. The van der Waals surface area contributed by atoms with E-state index >= 15 is 0 Å². The number of hydrogen-bond acceptors (Lipinski definition) is 4. The monoisotopic (exact) mass is 354 g/mol. The van der Waals surface area contributed by atoms with E-state index < -0.39 is 10.0 Å². The number of fused-ring (bicyclic) bond motifs is 1. The quantitative estimate of drug-likeness (QED) is 0.723. The number of sulfonamides is 1. The summed E-state index contributed by atoms with van der Waals surface area (Å²) in [5.74, 6) is -0.0369. The number of aryl methyl sites for hydroxylation is 1. The summed E-state index contributed by atoms with van der Waals surface area (Å²) in [5.41, 5.74) is 3.20. The van der Waals surface area contributed by atoms with Crippen LogP contribution >= 0.6 is 0 Å². The second-order valence-corrected chi connectivity index (χ2v) is 8.12. The fourth-order valence-corrected chi connectivity index (χ4v) is 4.71. The van der Waals surface area contributed by atoms with Crippen molar-refractivity contribution in [3.63, 3.8) is 0 Å². The number of nitrogens with zero attached hydrogens (tertiary/aromatic N) is 4. The lowest BCUT2D eigenvalue weighted by atomic mass is 9.87. The Kier molecular flexibility index (Phi) is 3.89. The van der Waals surface area contributed by atoms with Gasteiger partial charge in [0.1, 0.15) is 4.90 Å². The molecule has 3 heterocycles. The summed E-state index contributed by atoms with van der Waals surface area (Å²) in [5, 5.41) is 4.25. The molecule has 2 aromatic heterocycles. The molecule has 1 aliphatic heterocycles. The van der Waals surface area contributed by atoms with Gasteiger partial charge in [0.2, 0.25) is 10.0 Å². The van der Waals surface area contributed by atoms with Gasteiger partial charge in [-0.1, -0.05) is 24.3 Å². The van der Waals surface area contributed by atoms with Crippen molar-refractivity contribution in [2.45, 2.75) is 17.4 Å². The van der Waals surface area contributed by atoms with Gasteiger partial charge in [-0.25, -0.2) is 8.42 Å². The lowest BCUT2D eigenvalue weighted by Crippen LogP contribution is -2.38. The molecule has 0 N–H and O–H groups in total. The highest BCUT2D eigenvalue weighted by Crippen LogP contribution is 2.35. The number of aromatic nitrogens is 3. The van der Waals surface area contributed by atoms with Gasteiger partial charge in [-0.3, -0.25) is 9.67 Å². The Labute approximate surface area is 146 Å². The molecule has 1 unspecified atom stereocenters. The zero-order chi connectivity index (χ0) is 17.4. The van der Waals surface area contributed by atoms with Gasteiger partial charge in [0.15, 0.2) is 0 Å². The summed E-state index contributed by atoms with van der Waals surface area (Å²) in [6.45, 7) is 0.754. The van der Waals surface area contributed by atoms with Gasteiger partial charge < -0.3 is 0 Å². The molecule has 0 aliphatic carbocycles. The molecule has 0 spiro atoms. The molecule has 1 aliphatic rings. The molecule has 6 nitrogen and oxygen atoms in total. The lowest BCUT2D eigenvalue weighted by Gasteiger charge is -2.33. The van der Waals surface area contributed by atoms with E-state index in [4.69, 9.17) is 0 Å². The van der Waals surface area contributed by atoms with Crippen LogP contribution in [0.1, 0.15) is 22.6 Å². The van der Waals surface area contributed by atoms with Crippen LogP contribution in [0.25, 0.3) is 0 Å². The van der Waals surface area contributed by atoms with Crippen molar-refractivity contribution in [2.75, 3.05) is 6.54 Å². The highest BCUT2D eigenvalue weighted by molar-refractivity contribution is 7.89. The molecular formula is C18H18N4O2S. The smallest absolute Gasteiger partial charge is 0.244 e. The van der Waals surface area contributed by atoms with Crippen LogP contribution in [0.5, 0.6) is 0 Å². The van der Waals surface area contributed by atoms with Gasteiger partial charge in [-0.05, 0) is 28.8 Å². The van der Waals surface area contributed by atoms with Gasteiger partial charge in [0.25, 0.3) is 0 Å². The third-order valence-electron chi connectivity index (χ3n) is 4.56. The molecule has 0 radical (unpaired) electrons. The summed E-state index contributed by atoms with van der Waals surface area (Å²) >= 11 is 0. The van der Waals surface area contributed by atoms with Crippen LogP contribution < -0.4 is 0 Å². The molecule has 0 fully saturated rings. The Hall–Kier alpha value is -2.51. The maximum Gasteiger partial charge on any atom is 0.244 e. The molecule has 25 heavy (non-hydrogen) atoms. The molecular weight excluding hydrogens is 336 g/mol. The summed E-state index contributed by atoms with van der Waals surface area (Å²) in [6, 6.07) is 11.2. The fraction of sp³-hybridized carbons (Fsp3) is 0.222. The van der Waals surface area contributed by atoms with Crippen molar-refractivity contribution in [2.24, 2.45) is 7.05 Å². The molecule has 0 saturated carbocycles. The SMILES string of the molecule is Cn1cc(C2CN(S(=O)(=O)c3cccnc3)Cc3ccccc32)cn1. The summed E-state index contributed by atoms with van der Waals surface area (Å²) < 4.78 is 29.4. The van der Waals surface area contributed by atoms with Crippen LogP contribution in [-0.2, 0) is 23.6 Å². The standard InChI is InChI=1S/C18H18N4O2S/c1-21-11-15(9-20-21)18-13-22(12-14-5-2-3-7-17(14)18)25(23,24)16-6-4-8-19-10-16/h2-11,18H,12-13H2,1H3. The summed E-state index contributed by atoms with van der Waals surface area (Å²) in [6.07, 6.45) is 6.72. The van der Waals surface area contributed by atoms with E-state index in [1.807, 2.05) is 37.6 Å². The normalized spacial score (nSPS) is 18.0. The Balaban J connectivity index is 1.78. The predicted octanol–water partition coefficient (Wildman–Crippen LogP) is 2.15. The van der Waals surface area contributed by atoms with Gasteiger partial charge in [-0.2, -0.15) is 9.40 Å². The number of benzene rings is 1. The summed E-state index contributed by atoms with van der Waals surface area (Å²) in [4.78, 5) is 4.17. The zero-order valence-corrected chi connectivity index (χ0v) is 14.6. The Morgan fingerprint density at radius 2 is 1.96 bits per heavy atom. The van der Waals surface area contributed by atoms with Crippen molar-refractivity contribution < 1.29 is 8.42 Å². The molecule has 7 heteroatoms. The van der Waals surface area contributed by atoms with Crippen molar-refractivity contribution in [1.82, 2.24) is 19.1 Å². The second kappa shape index (κ2) is 6.09. The number of hydrogen-bond donors (Lipinski definition) is 0. The molecule has 0 amide bonds. The molecule has 0 bridgehead atoms. The predicted molar refractivity (Wildman–Crippen MR) is 93.3 cm³/mol. The van der Waals surface area contributed by atoms with Crippen molar-refractivity contribution in [1.29, 1.82) is 0 Å². The Morgan fingerprint density at radius 3 is 2.68 bits per heavy atom. The van der Waals surface area contributed by atoms with E-state index in [1.165, 1.54) is 10.5 Å². The average molecular weight is 354 g/mol. The van der Waals surface area contributed by atoms with Gasteiger partial charge >= 0.3 is 0 Å². The molecule has 4 rings (SSSR count). The maximum absolute atomic E-state index is 13.0. The number of rotatable bonds is 3. The van der Waals surface area contributed by atoms with Crippen molar-refractivity contribution >= 4 is 10.0 Å². The molecule has 1 aromatic carbocycles. The molecule has 0 saturated heterocycles. The van der Waals surface area contributed by atoms with E-state index in [9.17, 15) is 8.42 Å². The third-order valence-corrected chi connectivity index (χ3v) is 6.36. The van der Waals surface area contributed by atoms with E-state index in [0.29, 0.717) is 13.1 Å². The first-order valence-corrected chi connectivity index (χ1v) is 9.46. The van der Waals surface area contributed by atoms with E-state index in [2.05, 4.69) is 16.1 Å². The minimum Gasteiger partial charge on any atom is -0.276 e. The topological polar surface area (TPSA) is 68.1 Å². The lowest BCUT2D eigenvalue weighted by molar-refractivity contribution is 0.371. The van der Waals surface area contributed by atoms with Gasteiger partial charge in [0, 0.05) is 44.6 Å². The maximum atomic E-state index is 13.0. The van der Waals surface area contributed by atoms with Gasteiger partial charge in [-0.15, -0.1) is 0 Å². The van der Waals surface area contributed by atoms with Crippen LogP contribution in [0.2, 0.25) is 0 Å². The first-order valence-electron chi connectivity index (χ1n) is 8.02. The minimum atomic E-state index is -3.60. The second-order valence-electron chi connectivity index (χ2n) is 6.19. The zero-order valence-electron chi connectivity index (χ0n) is 13.8. The highest BCUT2D eigenvalue weighted by Gasteiger charge is 2.34. The average Bonchev–Trinajstić information content (AvgIpc) is 3.07. The van der Waals surface area contributed by atoms with Crippen LogP contribution in [-0.4, -0.2) is 34.0 Å². The van der Waals surface area contributed by atoms with Crippen LogP contribution in [0.4, 0.5) is 0 Å². The first kappa shape index (κ1) is 16.0. The Bertz CT molecular complexity index is 999. The van der Waals surface area contributed by atoms with E-state index in [-0.39, 0.29) is 10.8 Å². The third kappa shape index (κ3) is 2.85. The van der Waals surface area contributed by atoms with Crippen LogP contribution in [0.15, 0.2) is 66.1 Å². The molecule has 128 valence electrons. The first-order chi connectivity index (χ1) is 12.1. The van der Waals surface area contributed by atoms with Crippen molar-refractivity contribution in [3.8, 4) is 0 Å². The van der Waals surface area contributed by atoms with Crippen molar-refractivity contribution in [3.05, 3.63) is 77.9 Å². The highest BCUT2D eigenvalue weighted by atomic mass is 32.2. The molecule has 3 aromatic rings. The van der Waals surface area contributed by atoms with E-state index in [0.717, 1.165) is 16.7 Å². The number of pyridine rings is 1. The minimum absolute atomic E-state index is 0.0369. The largest absolute Gasteiger partial charge is 0.276 e. The van der Waals surface area contributed by atoms with Crippen LogP contribution in [0, 0.1) is 0 Å². The van der Waals surface area contributed by atoms with E-state index in [1.54, 1.807) is 23.0 Å². The fourth-order valence-electron chi connectivity index (χ4n) is 3.31. The van der Waals surface area contributed by atoms with Crippen LogP contribution in [0.3, 0.4) is 0 Å². The van der Waals surface area contributed by atoms with Gasteiger partial charge in [0.05, 0.1) is 6.20 Å². The summed E-state index contributed by atoms with van der Waals surface area (Å²) in [7, 11) is -1.73. The molecule has 1 atom stereocenters.